The first-order chi connectivity index (χ1) is 8.19. The normalized spacial score (nSPS) is 9.94. The van der Waals surface area contributed by atoms with Gasteiger partial charge in [0, 0.05) is 12.1 Å². The third-order valence-corrected chi connectivity index (χ3v) is 2.47. The Morgan fingerprint density at radius 1 is 1.41 bits per heavy atom. The van der Waals surface area contributed by atoms with Gasteiger partial charge in [0.2, 0.25) is 0 Å². The van der Waals surface area contributed by atoms with Crippen LogP contribution in [0.3, 0.4) is 0 Å². The lowest BCUT2D eigenvalue weighted by molar-refractivity contribution is 0.501. The Morgan fingerprint density at radius 2 is 2.24 bits per heavy atom. The fraction of sp³-hybridized carbons (Fsp3) is 0.231. The quantitative estimate of drug-likeness (QED) is 0.875. The molecule has 0 atom stereocenters. The minimum Gasteiger partial charge on any atom is -0.466 e. The molecule has 4 nitrogen and oxygen atoms in total. The smallest absolute Gasteiger partial charge is 0.142 e. The number of anilines is 1. The van der Waals surface area contributed by atoms with Crippen LogP contribution in [0.5, 0.6) is 0 Å². The highest BCUT2D eigenvalue weighted by molar-refractivity contribution is 5.39. The van der Waals surface area contributed by atoms with Crippen LogP contribution in [0.4, 0.5) is 5.82 Å². The Kier molecular flexibility index (Phi) is 3.10. The molecule has 4 heteroatoms. The highest BCUT2D eigenvalue weighted by Gasteiger charge is 2.04. The Morgan fingerprint density at radius 3 is 2.88 bits per heavy atom. The second-order valence-electron chi connectivity index (χ2n) is 3.81. The maximum absolute atomic E-state index is 8.74. The van der Waals surface area contributed by atoms with Crippen molar-refractivity contribution in [2.24, 2.45) is 0 Å². The van der Waals surface area contributed by atoms with Crippen molar-refractivity contribution in [3.63, 3.8) is 0 Å². The first-order valence-corrected chi connectivity index (χ1v) is 5.36. The lowest BCUT2D eigenvalue weighted by Gasteiger charge is -2.04. The van der Waals surface area contributed by atoms with E-state index in [9.17, 15) is 0 Å². The van der Waals surface area contributed by atoms with Crippen molar-refractivity contribution in [1.82, 2.24) is 4.98 Å². The molecule has 0 saturated heterocycles. The van der Waals surface area contributed by atoms with Gasteiger partial charge in [-0.25, -0.2) is 4.98 Å². The van der Waals surface area contributed by atoms with Crippen LogP contribution >= 0.6 is 0 Å². The summed E-state index contributed by atoms with van der Waals surface area (Å²) < 4.78 is 5.44. The molecule has 86 valence electrons. The van der Waals surface area contributed by atoms with Gasteiger partial charge in [0.25, 0.3) is 0 Å². The standard InChI is InChI=1S/C13H13N3O/c1-9-6-11(10(2)17-9)8-15-13-5-3-4-12(7-14)16-13/h3-6H,8H2,1-2H3,(H,15,16). The van der Waals surface area contributed by atoms with Gasteiger partial charge in [0.05, 0.1) is 0 Å². The summed E-state index contributed by atoms with van der Waals surface area (Å²) >= 11 is 0. The first kappa shape index (κ1) is 11.2. The van der Waals surface area contributed by atoms with E-state index in [1.165, 1.54) is 0 Å². The number of aryl methyl sites for hydroxylation is 2. The fourth-order valence-corrected chi connectivity index (χ4v) is 1.64. The number of nitrogens with one attached hydrogen (secondary N) is 1. The van der Waals surface area contributed by atoms with Gasteiger partial charge in [0.1, 0.15) is 29.1 Å². The maximum Gasteiger partial charge on any atom is 0.142 e. The van der Waals surface area contributed by atoms with Crippen LogP contribution in [0, 0.1) is 25.2 Å². The van der Waals surface area contributed by atoms with E-state index in [0.29, 0.717) is 18.1 Å². The van der Waals surface area contributed by atoms with Crippen molar-refractivity contribution in [3.05, 3.63) is 47.0 Å². The van der Waals surface area contributed by atoms with Crippen molar-refractivity contribution in [2.75, 3.05) is 5.32 Å². The van der Waals surface area contributed by atoms with E-state index >= 15 is 0 Å². The van der Waals surface area contributed by atoms with E-state index < -0.39 is 0 Å². The predicted molar refractivity (Wildman–Crippen MR) is 64.5 cm³/mol. The summed E-state index contributed by atoms with van der Waals surface area (Å²) in [5.41, 5.74) is 1.52. The fourth-order valence-electron chi connectivity index (χ4n) is 1.64. The molecule has 17 heavy (non-hydrogen) atoms. The molecule has 2 aromatic rings. The van der Waals surface area contributed by atoms with E-state index in [1.807, 2.05) is 32.0 Å². The molecule has 0 aliphatic carbocycles. The summed E-state index contributed by atoms with van der Waals surface area (Å²) in [7, 11) is 0. The molecule has 2 heterocycles. The minimum absolute atomic E-state index is 0.412. The molecule has 0 saturated carbocycles. The van der Waals surface area contributed by atoms with Gasteiger partial charge in [-0.15, -0.1) is 0 Å². The number of nitriles is 1. The third kappa shape index (κ3) is 2.64. The number of furan rings is 1. The highest BCUT2D eigenvalue weighted by Crippen LogP contribution is 2.15. The van der Waals surface area contributed by atoms with Gasteiger partial charge < -0.3 is 9.73 Å². The zero-order valence-corrected chi connectivity index (χ0v) is 9.82. The number of pyridine rings is 1. The number of rotatable bonds is 3. The molecule has 0 fully saturated rings. The van der Waals surface area contributed by atoms with Gasteiger partial charge in [-0.05, 0) is 32.0 Å². The van der Waals surface area contributed by atoms with Crippen LogP contribution in [0.25, 0.3) is 0 Å². The number of nitrogens with zero attached hydrogens (tertiary/aromatic N) is 2. The molecular formula is C13H13N3O. The minimum atomic E-state index is 0.412. The van der Waals surface area contributed by atoms with Crippen molar-refractivity contribution in [1.29, 1.82) is 5.26 Å². The van der Waals surface area contributed by atoms with Gasteiger partial charge in [-0.3, -0.25) is 0 Å². The molecule has 0 bridgehead atoms. The summed E-state index contributed by atoms with van der Waals surface area (Å²) in [6.07, 6.45) is 0. The molecule has 2 aromatic heterocycles. The van der Waals surface area contributed by atoms with Crippen LogP contribution in [-0.4, -0.2) is 4.98 Å². The van der Waals surface area contributed by atoms with Crippen LogP contribution in [0.1, 0.15) is 22.8 Å². The SMILES string of the molecule is Cc1cc(CNc2cccc(C#N)n2)c(C)o1. The molecule has 0 amide bonds. The lowest BCUT2D eigenvalue weighted by atomic mass is 10.2. The number of aromatic nitrogens is 1. The zero-order chi connectivity index (χ0) is 12.3. The summed E-state index contributed by atoms with van der Waals surface area (Å²) in [6, 6.07) is 9.33. The molecule has 1 N–H and O–H groups in total. The van der Waals surface area contributed by atoms with Crippen LogP contribution < -0.4 is 5.32 Å². The first-order valence-electron chi connectivity index (χ1n) is 5.36. The Hall–Kier alpha value is -2.28. The van der Waals surface area contributed by atoms with Crippen LogP contribution in [0.2, 0.25) is 0 Å². The van der Waals surface area contributed by atoms with Crippen LogP contribution in [0.15, 0.2) is 28.7 Å². The Balaban J connectivity index is 2.07. The predicted octanol–water partition coefficient (Wildman–Crippen LogP) is 2.78. The van der Waals surface area contributed by atoms with E-state index in [4.69, 9.17) is 9.68 Å². The van der Waals surface area contributed by atoms with Gasteiger partial charge >= 0.3 is 0 Å². The van der Waals surface area contributed by atoms with Crippen molar-refractivity contribution in [2.45, 2.75) is 20.4 Å². The molecule has 0 unspecified atom stereocenters. The second-order valence-corrected chi connectivity index (χ2v) is 3.81. The van der Waals surface area contributed by atoms with Gasteiger partial charge in [-0.1, -0.05) is 6.07 Å². The van der Waals surface area contributed by atoms with Crippen molar-refractivity contribution < 1.29 is 4.42 Å². The Labute approximate surface area is 99.9 Å². The number of hydrogen-bond acceptors (Lipinski definition) is 4. The molecule has 0 aliphatic heterocycles. The highest BCUT2D eigenvalue weighted by atomic mass is 16.3. The van der Waals surface area contributed by atoms with Crippen molar-refractivity contribution in [3.8, 4) is 6.07 Å². The maximum atomic E-state index is 8.74. The van der Waals surface area contributed by atoms with Crippen LogP contribution in [-0.2, 0) is 6.54 Å². The topological polar surface area (TPSA) is 61.9 Å². The third-order valence-electron chi connectivity index (χ3n) is 2.47. The molecule has 2 rings (SSSR count). The molecule has 0 aromatic carbocycles. The molecular weight excluding hydrogens is 214 g/mol. The van der Waals surface area contributed by atoms with E-state index in [1.54, 1.807) is 12.1 Å². The van der Waals surface area contributed by atoms with E-state index in [-0.39, 0.29) is 0 Å². The Bertz CT molecular complexity index is 566. The molecule has 0 aliphatic rings. The summed E-state index contributed by atoms with van der Waals surface area (Å²) in [6.45, 7) is 4.50. The van der Waals surface area contributed by atoms with Gasteiger partial charge in [0.15, 0.2) is 0 Å². The monoisotopic (exact) mass is 227 g/mol. The lowest BCUT2D eigenvalue weighted by Crippen LogP contribution is -2.02. The summed E-state index contributed by atoms with van der Waals surface area (Å²) in [4.78, 5) is 4.14. The molecule has 0 radical (unpaired) electrons. The largest absolute Gasteiger partial charge is 0.466 e. The average molecular weight is 227 g/mol. The zero-order valence-electron chi connectivity index (χ0n) is 9.82. The van der Waals surface area contributed by atoms with E-state index in [0.717, 1.165) is 17.1 Å². The van der Waals surface area contributed by atoms with Gasteiger partial charge in [-0.2, -0.15) is 5.26 Å². The van der Waals surface area contributed by atoms with E-state index in [2.05, 4.69) is 10.3 Å². The summed E-state index contributed by atoms with van der Waals surface area (Å²) in [5, 5.41) is 11.9. The average Bonchev–Trinajstić information content (AvgIpc) is 2.65. The second kappa shape index (κ2) is 4.71. The van der Waals surface area contributed by atoms with Crippen molar-refractivity contribution >= 4 is 5.82 Å². The summed E-state index contributed by atoms with van der Waals surface area (Å²) in [5.74, 6) is 2.51. The number of hydrogen-bond donors (Lipinski definition) is 1. The molecule has 0 spiro atoms.